The Bertz CT molecular complexity index is 441. The van der Waals surface area contributed by atoms with Crippen molar-refractivity contribution in [3.63, 3.8) is 0 Å². The van der Waals surface area contributed by atoms with E-state index in [0.717, 1.165) is 37.8 Å². The van der Waals surface area contributed by atoms with Crippen molar-refractivity contribution in [3.05, 3.63) is 35.4 Å². The van der Waals surface area contributed by atoms with Crippen LogP contribution in [0.2, 0.25) is 0 Å². The molecule has 1 saturated carbocycles. The summed E-state index contributed by atoms with van der Waals surface area (Å²) >= 11 is 0. The molecule has 2 rings (SSSR count). The van der Waals surface area contributed by atoms with E-state index in [2.05, 4.69) is 0 Å². The van der Waals surface area contributed by atoms with Crippen molar-refractivity contribution in [1.29, 1.82) is 0 Å². The maximum absolute atomic E-state index is 12.7. The van der Waals surface area contributed by atoms with Crippen LogP contribution in [0.4, 0.5) is 13.2 Å². The Morgan fingerprint density at radius 3 is 2.45 bits per heavy atom. The number of aliphatic hydroxyl groups excluding tert-OH is 1. The van der Waals surface area contributed by atoms with Gasteiger partial charge in [0.25, 0.3) is 0 Å². The lowest BCUT2D eigenvalue weighted by atomic mass is 9.84. The summed E-state index contributed by atoms with van der Waals surface area (Å²) in [6.45, 7) is 0.152. The number of nitrogens with two attached hydrogens (primary N) is 1. The third-order valence-electron chi connectivity index (χ3n) is 4.19. The first-order chi connectivity index (χ1) is 9.43. The number of hydrogen-bond donors (Lipinski definition) is 2. The largest absolute Gasteiger partial charge is 0.416 e. The second kappa shape index (κ2) is 6.14. The van der Waals surface area contributed by atoms with E-state index in [9.17, 15) is 18.3 Å². The molecule has 1 aliphatic carbocycles. The molecule has 0 heterocycles. The lowest BCUT2D eigenvalue weighted by Gasteiger charge is -2.27. The van der Waals surface area contributed by atoms with E-state index >= 15 is 0 Å². The molecule has 0 radical (unpaired) electrons. The summed E-state index contributed by atoms with van der Waals surface area (Å²) in [5.41, 5.74) is 5.48. The smallest absolute Gasteiger partial charge is 0.392 e. The van der Waals surface area contributed by atoms with Gasteiger partial charge in [-0.1, -0.05) is 31.0 Å². The van der Waals surface area contributed by atoms with Crippen LogP contribution < -0.4 is 5.73 Å². The van der Waals surface area contributed by atoms with Crippen LogP contribution in [0, 0.1) is 5.92 Å². The highest BCUT2D eigenvalue weighted by Crippen LogP contribution is 2.36. The van der Waals surface area contributed by atoms with E-state index in [0.29, 0.717) is 5.56 Å². The zero-order valence-electron chi connectivity index (χ0n) is 11.2. The Morgan fingerprint density at radius 1 is 1.25 bits per heavy atom. The number of hydrogen-bond acceptors (Lipinski definition) is 2. The van der Waals surface area contributed by atoms with Gasteiger partial charge in [0.2, 0.25) is 0 Å². The topological polar surface area (TPSA) is 46.2 Å². The van der Waals surface area contributed by atoms with Crippen LogP contribution in [-0.2, 0) is 6.18 Å². The molecule has 1 aromatic carbocycles. The molecule has 112 valence electrons. The number of aliphatic hydroxyl groups is 1. The lowest BCUT2D eigenvalue weighted by molar-refractivity contribution is -0.137. The molecule has 0 aliphatic heterocycles. The highest BCUT2D eigenvalue weighted by Gasteiger charge is 2.33. The molecule has 5 heteroatoms. The van der Waals surface area contributed by atoms with Gasteiger partial charge in [-0.3, -0.25) is 0 Å². The molecule has 2 nitrogen and oxygen atoms in total. The van der Waals surface area contributed by atoms with E-state index in [1.165, 1.54) is 6.07 Å². The molecular weight excluding hydrogens is 267 g/mol. The van der Waals surface area contributed by atoms with Crippen LogP contribution in [0.5, 0.6) is 0 Å². The van der Waals surface area contributed by atoms with Gasteiger partial charge in [-0.2, -0.15) is 13.2 Å². The predicted octanol–water partition coefficient (Wildman–Crippen LogP) is 3.30. The van der Waals surface area contributed by atoms with E-state index in [1.54, 1.807) is 6.07 Å². The number of benzene rings is 1. The minimum atomic E-state index is -4.37. The highest BCUT2D eigenvalue weighted by atomic mass is 19.4. The fourth-order valence-corrected chi connectivity index (χ4v) is 3.05. The Kier molecular flexibility index (Phi) is 4.70. The average molecular weight is 287 g/mol. The van der Waals surface area contributed by atoms with Gasteiger partial charge in [0.1, 0.15) is 0 Å². The van der Waals surface area contributed by atoms with Crippen LogP contribution in [0.15, 0.2) is 24.3 Å². The van der Waals surface area contributed by atoms with Crippen LogP contribution in [0.1, 0.15) is 42.7 Å². The van der Waals surface area contributed by atoms with E-state index in [-0.39, 0.29) is 12.5 Å². The third kappa shape index (κ3) is 3.33. The molecule has 2 atom stereocenters. The van der Waals surface area contributed by atoms with E-state index in [4.69, 9.17) is 5.73 Å². The SMILES string of the molecule is NCC(c1cccc(C(F)(F)F)c1)C(O)C1CCCC1. The van der Waals surface area contributed by atoms with Crippen LogP contribution in [-0.4, -0.2) is 17.8 Å². The zero-order chi connectivity index (χ0) is 14.8. The standard InChI is InChI=1S/C15H20F3NO/c16-15(17,18)12-7-3-6-11(8-12)13(9-19)14(20)10-4-1-2-5-10/h3,6-8,10,13-14,20H,1-2,4-5,9,19H2. The van der Waals surface area contributed by atoms with Gasteiger partial charge in [-0.15, -0.1) is 0 Å². The first kappa shape index (κ1) is 15.3. The molecule has 0 amide bonds. The third-order valence-corrected chi connectivity index (χ3v) is 4.19. The Labute approximate surface area is 116 Å². The molecule has 20 heavy (non-hydrogen) atoms. The molecular formula is C15H20F3NO. The van der Waals surface area contributed by atoms with Crippen molar-refractivity contribution in [2.75, 3.05) is 6.54 Å². The van der Waals surface area contributed by atoms with Crippen molar-refractivity contribution < 1.29 is 18.3 Å². The fraction of sp³-hybridized carbons (Fsp3) is 0.600. The molecule has 0 bridgehead atoms. The highest BCUT2D eigenvalue weighted by molar-refractivity contribution is 5.29. The van der Waals surface area contributed by atoms with Crippen LogP contribution in [0.25, 0.3) is 0 Å². The first-order valence-corrected chi connectivity index (χ1v) is 6.98. The van der Waals surface area contributed by atoms with Gasteiger partial charge in [0.05, 0.1) is 11.7 Å². The summed E-state index contributed by atoms with van der Waals surface area (Å²) in [7, 11) is 0. The Balaban J connectivity index is 2.22. The van der Waals surface area contributed by atoms with Crippen molar-refractivity contribution in [2.24, 2.45) is 11.7 Å². The number of alkyl halides is 3. The Hall–Kier alpha value is -1.07. The van der Waals surface area contributed by atoms with Crippen molar-refractivity contribution in [3.8, 4) is 0 Å². The number of halogens is 3. The second-order valence-electron chi connectivity index (χ2n) is 5.50. The average Bonchev–Trinajstić information content (AvgIpc) is 2.93. The molecule has 0 spiro atoms. The summed E-state index contributed by atoms with van der Waals surface area (Å²) in [4.78, 5) is 0. The van der Waals surface area contributed by atoms with Gasteiger partial charge in [0.15, 0.2) is 0 Å². The van der Waals surface area contributed by atoms with Gasteiger partial charge < -0.3 is 10.8 Å². The summed E-state index contributed by atoms with van der Waals surface area (Å²) in [5.74, 6) is -0.279. The summed E-state index contributed by atoms with van der Waals surface area (Å²) in [5, 5.41) is 10.4. The lowest BCUT2D eigenvalue weighted by Crippen LogP contribution is -2.31. The van der Waals surface area contributed by atoms with Crippen molar-refractivity contribution in [1.82, 2.24) is 0 Å². The van der Waals surface area contributed by atoms with Crippen molar-refractivity contribution in [2.45, 2.75) is 43.9 Å². The second-order valence-corrected chi connectivity index (χ2v) is 5.50. The Morgan fingerprint density at radius 2 is 1.90 bits per heavy atom. The summed E-state index contributed by atoms with van der Waals surface area (Å²) < 4.78 is 38.2. The minimum Gasteiger partial charge on any atom is -0.392 e. The normalized spacial score (nSPS) is 20.1. The summed E-state index contributed by atoms with van der Waals surface area (Å²) in [6.07, 6.45) is -1.03. The van der Waals surface area contributed by atoms with Gasteiger partial charge in [-0.25, -0.2) is 0 Å². The maximum Gasteiger partial charge on any atom is 0.416 e. The summed E-state index contributed by atoms with van der Waals surface area (Å²) in [6, 6.07) is 5.14. The van der Waals surface area contributed by atoms with E-state index in [1.807, 2.05) is 0 Å². The molecule has 0 aromatic heterocycles. The van der Waals surface area contributed by atoms with Crippen molar-refractivity contribution >= 4 is 0 Å². The molecule has 3 N–H and O–H groups in total. The molecule has 1 fully saturated rings. The van der Waals surface area contributed by atoms with Gasteiger partial charge >= 0.3 is 6.18 Å². The molecule has 1 aliphatic rings. The molecule has 2 unspecified atom stereocenters. The van der Waals surface area contributed by atoms with E-state index < -0.39 is 23.8 Å². The van der Waals surface area contributed by atoms with Crippen LogP contribution in [0.3, 0.4) is 0 Å². The molecule has 1 aromatic rings. The fourth-order valence-electron chi connectivity index (χ4n) is 3.05. The van der Waals surface area contributed by atoms with Gasteiger partial charge in [0, 0.05) is 12.5 Å². The number of rotatable bonds is 4. The quantitative estimate of drug-likeness (QED) is 0.892. The molecule has 0 saturated heterocycles. The maximum atomic E-state index is 12.7. The minimum absolute atomic E-state index is 0.151. The van der Waals surface area contributed by atoms with Gasteiger partial charge in [-0.05, 0) is 30.4 Å². The monoisotopic (exact) mass is 287 g/mol. The first-order valence-electron chi connectivity index (χ1n) is 6.98. The zero-order valence-corrected chi connectivity index (χ0v) is 11.2. The van der Waals surface area contributed by atoms with Crippen LogP contribution >= 0.6 is 0 Å². The predicted molar refractivity (Wildman–Crippen MR) is 71.2 cm³/mol.